The molecule has 0 fully saturated rings. The molecule has 1 aromatic rings. The van der Waals surface area contributed by atoms with E-state index in [0.717, 1.165) is 0 Å². The zero-order valence-electron chi connectivity index (χ0n) is 9.94. The summed E-state index contributed by atoms with van der Waals surface area (Å²) in [6.45, 7) is 2.58. The fraction of sp³-hybridized carbons (Fsp3) is 0.455. The number of non-ortho nitro benzene ring substituents is 1. The minimum absolute atomic E-state index is 0.00116. The molecule has 2 unspecified atom stereocenters. The first kappa shape index (κ1) is 14.7. The fourth-order valence-electron chi connectivity index (χ4n) is 1.57. The highest BCUT2D eigenvalue weighted by Gasteiger charge is 2.17. The number of nitro benzene ring substituents is 1. The van der Waals surface area contributed by atoms with Crippen LogP contribution in [-0.2, 0) is 15.8 Å². The summed E-state index contributed by atoms with van der Waals surface area (Å²) in [7, 11) is 0. The van der Waals surface area contributed by atoms with E-state index in [2.05, 4.69) is 0 Å². The largest absolute Gasteiger partial charge is 0.381 e. The van der Waals surface area contributed by atoms with Crippen LogP contribution in [0.25, 0.3) is 0 Å². The number of ether oxygens (including phenoxy) is 1. The summed E-state index contributed by atoms with van der Waals surface area (Å²) in [5, 5.41) is 10.7. The number of nitrogens with zero attached hydrogens (tertiary/aromatic N) is 1. The highest BCUT2D eigenvalue weighted by molar-refractivity contribution is 7.79. The SMILES string of the molecule is CCOCC(CS(=O)O)c1cccc([N+](=O)[O-])c1. The van der Waals surface area contributed by atoms with Crippen molar-refractivity contribution >= 4 is 16.8 Å². The first-order valence-corrected chi connectivity index (χ1v) is 6.71. The third-order valence-electron chi connectivity index (χ3n) is 2.42. The third kappa shape index (κ3) is 4.52. The van der Waals surface area contributed by atoms with E-state index in [1.165, 1.54) is 12.1 Å². The quantitative estimate of drug-likeness (QED) is 0.466. The topological polar surface area (TPSA) is 89.7 Å². The van der Waals surface area contributed by atoms with Gasteiger partial charge < -0.3 is 9.29 Å². The van der Waals surface area contributed by atoms with E-state index in [1.54, 1.807) is 12.1 Å². The Hall–Kier alpha value is -1.31. The van der Waals surface area contributed by atoms with Crippen LogP contribution < -0.4 is 0 Å². The lowest BCUT2D eigenvalue weighted by Gasteiger charge is -2.15. The van der Waals surface area contributed by atoms with Crippen LogP contribution >= 0.6 is 0 Å². The molecule has 0 heterocycles. The second kappa shape index (κ2) is 7.20. The molecule has 2 atom stereocenters. The van der Waals surface area contributed by atoms with Crippen LogP contribution in [0.4, 0.5) is 5.69 Å². The molecule has 6 nitrogen and oxygen atoms in total. The normalized spacial score (nSPS) is 14.1. The average molecular weight is 273 g/mol. The first-order valence-electron chi connectivity index (χ1n) is 5.44. The second-order valence-electron chi connectivity index (χ2n) is 3.70. The van der Waals surface area contributed by atoms with Crippen molar-refractivity contribution in [3.8, 4) is 0 Å². The number of benzene rings is 1. The van der Waals surface area contributed by atoms with Crippen molar-refractivity contribution in [2.45, 2.75) is 12.8 Å². The van der Waals surface area contributed by atoms with Gasteiger partial charge in [0.05, 0.1) is 17.3 Å². The molecule has 18 heavy (non-hydrogen) atoms. The van der Waals surface area contributed by atoms with E-state index in [-0.39, 0.29) is 24.0 Å². The summed E-state index contributed by atoms with van der Waals surface area (Å²) in [5.41, 5.74) is 0.609. The van der Waals surface area contributed by atoms with Gasteiger partial charge in [-0.3, -0.25) is 10.1 Å². The van der Waals surface area contributed by atoms with Gasteiger partial charge in [0.1, 0.15) is 0 Å². The minimum Gasteiger partial charge on any atom is -0.381 e. The molecule has 7 heteroatoms. The Bertz CT molecular complexity index is 437. The van der Waals surface area contributed by atoms with Crippen LogP contribution in [0, 0.1) is 10.1 Å². The zero-order valence-corrected chi connectivity index (χ0v) is 10.8. The van der Waals surface area contributed by atoms with Crippen molar-refractivity contribution in [1.82, 2.24) is 0 Å². The van der Waals surface area contributed by atoms with Gasteiger partial charge in [-0.1, -0.05) is 12.1 Å². The van der Waals surface area contributed by atoms with Gasteiger partial charge in [0, 0.05) is 24.7 Å². The van der Waals surface area contributed by atoms with E-state index in [4.69, 9.17) is 9.29 Å². The minimum atomic E-state index is -1.97. The maximum atomic E-state index is 10.9. The van der Waals surface area contributed by atoms with Gasteiger partial charge in [0.15, 0.2) is 11.1 Å². The Morgan fingerprint density at radius 3 is 2.83 bits per heavy atom. The molecule has 100 valence electrons. The maximum Gasteiger partial charge on any atom is 0.269 e. The highest BCUT2D eigenvalue weighted by atomic mass is 32.2. The number of rotatable bonds is 7. The number of hydrogen-bond donors (Lipinski definition) is 1. The fourth-order valence-corrected chi connectivity index (χ4v) is 2.20. The van der Waals surface area contributed by atoms with Gasteiger partial charge >= 0.3 is 0 Å². The monoisotopic (exact) mass is 273 g/mol. The Labute approximate surface area is 107 Å². The standard InChI is InChI=1S/C11H15NO5S/c1-2-17-7-10(8-18(15)16)9-4-3-5-11(6-9)12(13)14/h3-6,10H,2,7-8H2,1H3,(H,15,16). The molecular formula is C11H15NO5S. The lowest BCUT2D eigenvalue weighted by molar-refractivity contribution is -0.384. The molecule has 0 saturated heterocycles. The van der Waals surface area contributed by atoms with E-state index in [9.17, 15) is 14.3 Å². The molecule has 0 spiro atoms. The molecule has 0 aliphatic carbocycles. The van der Waals surface area contributed by atoms with Gasteiger partial charge in [0.25, 0.3) is 5.69 Å². The highest BCUT2D eigenvalue weighted by Crippen LogP contribution is 2.22. The summed E-state index contributed by atoms with van der Waals surface area (Å²) in [5.74, 6) is -0.322. The molecular weight excluding hydrogens is 258 g/mol. The smallest absolute Gasteiger partial charge is 0.269 e. The first-order chi connectivity index (χ1) is 8.54. The van der Waals surface area contributed by atoms with Crippen LogP contribution in [0.15, 0.2) is 24.3 Å². The molecule has 0 radical (unpaired) electrons. The van der Waals surface area contributed by atoms with E-state index >= 15 is 0 Å². The molecule has 0 saturated carbocycles. The Balaban J connectivity index is 2.92. The molecule has 1 aromatic carbocycles. The van der Waals surface area contributed by atoms with E-state index < -0.39 is 16.0 Å². The van der Waals surface area contributed by atoms with Crippen molar-refractivity contribution in [1.29, 1.82) is 0 Å². The van der Waals surface area contributed by atoms with Gasteiger partial charge in [-0.2, -0.15) is 0 Å². The van der Waals surface area contributed by atoms with Crippen molar-refractivity contribution in [3.05, 3.63) is 39.9 Å². The second-order valence-corrected chi connectivity index (χ2v) is 4.67. The van der Waals surface area contributed by atoms with Gasteiger partial charge in [-0.25, -0.2) is 4.21 Å². The van der Waals surface area contributed by atoms with Gasteiger partial charge in [-0.15, -0.1) is 0 Å². The lowest BCUT2D eigenvalue weighted by atomic mass is 10.0. The molecule has 0 aliphatic rings. The zero-order chi connectivity index (χ0) is 13.5. The molecule has 0 amide bonds. The van der Waals surface area contributed by atoms with Crippen LogP contribution in [0.3, 0.4) is 0 Å². The van der Waals surface area contributed by atoms with E-state index in [1.807, 2.05) is 6.92 Å². The molecule has 1 rings (SSSR count). The van der Waals surface area contributed by atoms with Crippen molar-refractivity contribution in [2.24, 2.45) is 0 Å². The van der Waals surface area contributed by atoms with Crippen molar-refractivity contribution in [2.75, 3.05) is 19.0 Å². The number of hydrogen-bond acceptors (Lipinski definition) is 4. The Kier molecular flexibility index (Phi) is 5.90. The predicted octanol–water partition coefficient (Wildman–Crippen LogP) is 1.94. The molecule has 0 aliphatic heterocycles. The summed E-state index contributed by atoms with van der Waals surface area (Å²) < 4.78 is 25.1. The van der Waals surface area contributed by atoms with Gasteiger partial charge in [-0.05, 0) is 12.5 Å². The van der Waals surface area contributed by atoms with Crippen LogP contribution in [0.1, 0.15) is 18.4 Å². The lowest BCUT2D eigenvalue weighted by Crippen LogP contribution is -2.15. The third-order valence-corrected chi connectivity index (χ3v) is 3.11. The van der Waals surface area contributed by atoms with Crippen LogP contribution in [0.5, 0.6) is 0 Å². The summed E-state index contributed by atoms with van der Waals surface area (Å²) in [4.78, 5) is 10.2. The van der Waals surface area contributed by atoms with Crippen LogP contribution in [0.2, 0.25) is 0 Å². The van der Waals surface area contributed by atoms with E-state index in [0.29, 0.717) is 12.2 Å². The molecule has 1 N–H and O–H groups in total. The van der Waals surface area contributed by atoms with Crippen LogP contribution in [-0.4, -0.2) is 32.7 Å². The summed E-state index contributed by atoms with van der Waals surface area (Å²) in [6.07, 6.45) is 0. The Morgan fingerprint density at radius 1 is 1.56 bits per heavy atom. The maximum absolute atomic E-state index is 10.9. The van der Waals surface area contributed by atoms with Crippen molar-refractivity contribution < 1.29 is 18.4 Å². The Morgan fingerprint density at radius 2 is 2.28 bits per heavy atom. The summed E-state index contributed by atoms with van der Waals surface area (Å²) in [6, 6.07) is 6.06. The number of nitro groups is 1. The average Bonchev–Trinajstić information content (AvgIpc) is 2.34. The molecule has 0 aromatic heterocycles. The predicted molar refractivity (Wildman–Crippen MR) is 68.0 cm³/mol. The summed E-state index contributed by atoms with van der Waals surface area (Å²) >= 11 is -1.97. The van der Waals surface area contributed by atoms with Crippen molar-refractivity contribution in [3.63, 3.8) is 0 Å². The van der Waals surface area contributed by atoms with Gasteiger partial charge in [0.2, 0.25) is 0 Å². The molecule has 0 bridgehead atoms.